The predicted octanol–water partition coefficient (Wildman–Crippen LogP) is 4.98. The standard InChI is InChI=1S/C21H18BrFN2O3/c1-12-18(19(22)13(2)28-12)21(27)25-16-9-7-14(8-10-16)20(26)24-11-15-5-3-4-6-17(15)23/h3-10H,11H2,1-2H3,(H,24,26)(H,25,27). The Kier molecular flexibility index (Phi) is 5.94. The highest BCUT2D eigenvalue weighted by molar-refractivity contribution is 9.10. The molecular formula is C21H18BrFN2O3. The van der Waals surface area contributed by atoms with E-state index in [4.69, 9.17) is 4.42 Å². The highest BCUT2D eigenvalue weighted by Gasteiger charge is 2.20. The quantitative estimate of drug-likeness (QED) is 0.582. The molecule has 0 unspecified atom stereocenters. The van der Waals surface area contributed by atoms with Crippen LogP contribution in [0.25, 0.3) is 0 Å². The molecule has 0 spiro atoms. The number of hydrogen-bond donors (Lipinski definition) is 2. The first kappa shape index (κ1) is 19.8. The van der Waals surface area contributed by atoms with Gasteiger partial charge in [-0.05, 0) is 60.1 Å². The fourth-order valence-corrected chi connectivity index (χ4v) is 3.27. The number of nitrogens with one attached hydrogen (secondary N) is 2. The van der Waals surface area contributed by atoms with Crippen molar-refractivity contribution in [2.24, 2.45) is 0 Å². The SMILES string of the molecule is Cc1oc(C)c(C(=O)Nc2ccc(C(=O)NCc3ccccc3F)cc2)c1Br. The average molecular weight is 445 g/mol. The molecule has 3 rings (SSSR count). The van der Waals surface area contributed by atoms with E-state index in [-0.39, 0.29) is 24.2 Å². The number of amides is 2. The predicted molar refractivity (Wildman–Crippen MR) is 108 cm³/mol. The number of furan rings is 1. The lowest BCUT2D eigenvalue weighted by Gasteiger charge is -2.08. The molecule has 0 radical (unpaired) electrons. The molecule has 2 amide bonds. The second-order valence-electron chi connectivity index (χ2n) is 6.21. The van der Waals surface area contributed by atoms with E-state index < -0.39 is 0 Å². The van der Waals surface area contributed by atoms with Gasteiger partial charge >= 0.3 is 0 Å². The molecule has 0 atom stereocenters. The summed E-state index contributed by atoms with van der Waals surface area (Å²) in [5.41, 5.74) is 1.80. The van der Waals surface area contributed by atoms with E-state index in [2.05, 4.69) is 26.6 Å². The molecule has 3 aromatic rings. The molecule has 0 saturated heterocycles. The van der Waals surface area contributed by atoms with Crippen molar-refractivity contribution in [2.45, 2.75) is 20.4 Å². The first-order valence-corrected chi connectivity index (χ1v) is 9.34. The van der Waals surface area contributed by atoms with Gasteiger partial charge < -0.3 is 15.1 Å². The molecule has 0 aliphatic rings. The second kappa shape index (κ2) is 8.39. The molecular weight excluding hydrogens is 427 g/mol. The fourth-order valence-electron chi connectivity index (χ4n) is 2.73. The maximum absolute atomic E-state index is 13.6. The zero-order chi connectivity index (χ0) is 20.3. The zero-order valence-electron chi connectivity index (χ0n) is 15.3. The molecule has 0 aliphatic carbocycles. The van der Waals surface area contributed by atoms with Crippen LogP contribution in [0.15, 0.2) is 57.4 Å². The summed E-state index contributed by atoms with van der Waals surface area (Å²) in [5.74, 6) is 0.149. The van der Waals surface area contributed by atoms with Crippen molar-refractivity contribution in [2.75, 3.05) is 5.32 Å². The van der Waals surface area contributed by atoms with E-state index in [1.54, 1.807) is 56.3 Å². The van der Waals surface area contributed by atoms with Crippen LogP contribution in [-0.4, -0.2) is 11.8 Å². The number of anilines is 1. The van der Waals surface area contributed by atoms with Crippen LogP contribution in [0.4, 0.5) is 10.1 Å². The summed E-state index contributed by atoms with van der Waals surface area (Å²) in [7, 11) is 0. The van der Waals surface area contributed by atoms with E-state index in [0.29, 0.717) is 38.4 Å². The largest absolute Gasteiger partial charge is 0.465 e. The van der Waals surface area contributed by atoms with Gasteiger partial charge in [-0.2, -0.15) is 0 Å². The number of hydrogen-bond acceptors (Lipinski definition) is 3. The van der Waals surface area contributed by atoms with Crippen molar-refractivity contribution < 1.29 is 18.4 Å². The Balaban J connectivity index is 1.63. The van der Waals surface area contributed by atoms with Crippen molar-refractivity contribution in [1.29, 1.82) is 0 Å². The molecule has 0 fully saturated rings. The van der Waals surface area contributed by atoms with E-state index >= 15 is 0 Å². The molecule has 144 valence electrons. The van der Waals surface area contributed by atoms with E-state index in [0.717, 1.165) is 0 Å². The van der Waals surface area contributed by atoms with Gasteiger partial charge in [0, 0.05) is 23.4 Å². The normalized spacial score (nSPS) is 10.6. The van der Waals surface area contributed by atoms with Gasteiger partial charge in [0.2, 0.25) is 0 Å². The molecule has 1 heterocycles. The number of carbonyl (C=O) groups excluding carboxylic acids is 2. The maximum atomic E-state index is 13.6. The Morgan fingerprint density at radius 1 is 1.00 bits per heavy atom. The van der Waals surface area contributed by atoms with E-state index in [1.165, 1.54) is 6.07 Å². The second-order valence-corrected chi connectivity index (χ2v) is 7.00. The Labute approximate surface area is 170 Å². The van der Waals surface area contributed by atoms with Crippen molar-refractivity contribution in [1.82, 2.24) is 5.32 Å². The van der Waals surface area contributed by atoms with Crippen molar-refractivity contribution in [3.63, 3.8) is 0 Å². The van der Waals surface area contributed by atoms with Crippen LogP contribution in [0.2, 0.25) is 0 Å². The minimum atomic E-state index is -0.364. The van der Waals surface area contributed by atoms with Crippen LogP contribution in [0.3, 0.4) is 0 Å². The maximum Gasteiger partial charge on any atom is 0.260 e. The average Bonchev–Trinajstić information content (AvgIpc) is 2.93. The number of halogens is 2. The summed E-state index contributed by atoms with van der Waals surface area (Å²) in [6.07, 6.45) is 0. The fraction of sp³-hybridized carbons (Fsp3) is 0.143. The van der Waals surface area contributed by atoms with Crippen LogP contribution in [-0.2, 0) is 6.54 Å². The molecule has 0 saturated carbocycles. The van der Waals surface area contributed by atoms with Crippen LogP contribution in [0.1, 0.15) is 37.8 Å². The molecule has 0 bridgehead atoms. The molecule has 28 heavy (non-hydrogen) atoms. The van der Waals surface area contributed by atoms with Gasteiger partial charge in [-0.3, -0.25) is 9.59 Å². The first-order chi connectivity index (χ1) is 13.4. The Morgan fingerprint density at radius 3 is 2.29 bits per heavy atom. The van der Waals surface area contributed by atoms with Crippen molar-refractivity contribution >= 4 is 33.4 Å². The topological polar surface area (TPSA) is 71.3 Å². The van der Waals surface area contributed by atoms with Crippen molar-refractivity contribution in [3.8, 4) is 0 Å². The molecule has 1 aromatic heterocycles. The zero-order valence-corrected chi connectivity index (χ0v) is 16.9. The summed E-state index contributed by atoms with van der Waals surface area (Å²) in [6, 6.07) is 12.7. The third kappa shape index (κ3) is 4.31. The Bertz CT molecular complexity index is 1030. The van der Waals surface area contributed by atoms with Gasteiger partial charge in [0.25, 0.3) is 11.8 Å². The van der Waals surface area contributed by atoms with Crippen LogP contribution >= 0.6 is 15.9 Å². The molecule has 0 aliphatic heterocycles. The molecule has 2 N–H and O–H groups in total. The highest BCUT2D eigenvalue weighted by atomic mass is 79.9. The summed E-state index contributed by atoms with van der Waals surface area (Å²) < 4.78 is 19.7. The smallest absolute Gasteiger partial charge is 0.260 e. The monoisotopic (exact) mass is 444 g/mol. The summed E-state index contributed by atoms with van der Waals surface area (Å²) >= 11 is 3.35. The van der Waals surface area contributed by atoms with E-state index in [9.17, 15) is 14.0 Å². The molecule has 7 heteroatoms. The number of carbonyl (C=O) groups is 2. The minimum Gasteiger partial charge on any atom is -0.465 e. The number of aryl methyl sites for hydroxylation is 2. The van der Waals surface area contributed by atoms with Gasteiger partial charge in [-0.15, -0.1) is 0 Å². The summed E-state index contributed by atoms with van der Waals surface area (Å²) in [4.78, 5) is 24.7. The summed E-state index contributed by atoms with van der Waals surface area (Å²) in [6.45, 7) is 3.58. The lowest BCUT2D eigenvalue weighted by Crippen LogP contribution is -2.23. The Morgan fingerprint density at radius 2 is 1.68 bits per heavy atom. The van der Waals surface area contributed by atoms with Crippen LogP contribution < -0.4 is 10.6 Å². The van der Waals surface area contributed by atoms with Gasteiger partial charge in [0.15, 0.2) is 0 Å². The van der Waals surface area contributed by atoms with Gasteiger partial charge in [-0.25, -0.2) is 4.39 Å². The number of benzene rings is 2. The molecule has 2 aromatic carbocycles. The number of rotatable bonds is 5. The first-order valence-electron chi connectivity index (χ1n) is 8.55. The lowest BCUT2D eigenvalue weighted by atomic mass is 10.1. The minimum absolute atomic E-state index is 0.0944. The lowest BCUT2D eigenvalue weighted by molar-refractivity contribution is 0.0950. The van der Waals surface area contributed by atoms with Crippen LogP contribution in [0, 0.1) is 19.7 Å². The van der Waals surface area contributed by atoms with Crippen molar-refractivity contribution in [3.05, 3.63) is 87.0 Å². The molecule has 5 nitrogen and oxygen atoms in total. The van der Waals surface area contributed by atoms with E-state index in [1.807, 2.05) is 0 Å². The van der Waals surface area contributed by atoms with Gasteiger partial charge in [0.1, 0.15) is 17.3 Å². The van der Waals surface area contributed by atoms with Gasteiger partial charge in [-0.1, -0.05) is 18.2 Å². The highest BCUT2D eigenvalue weighted by Crippen LogP contribution is 2.28. The van der Waals surface area contributed by atoms with Gasteiger partial charge in [0.05, 0.1) is 10.0 Å². The Hall–Kier alpha value is -2.93. The summed E-state index contributed by atoms with van der Waals surface area (Å²) in [5, 5.41) is 5.45. The third-order valence-electron chi connectivity index (χ3n) is 4.22. The van der Waals surface area contributed by atoms with Crippen LogP contribution in [0.5, 0.6) is 0 Å². The third-order valence-corrected chi connectivity index (χ3v) is 5.17.